The Morgan fingerprint density at radius 1 is 1.33 bits per heavy atom. The number of hydrogen-bond donors (Lipinski definition) is 0. The lowest BCUT2D eigenvalue weighted by molar-refractivity contribution is -0.129. The number of para-hydroxylation sites is 1. The van der Waals surface area contributed by atoms with E-state index in [0.717, 1.165) is 22.2 Å². The fraction of sp³-hybridized carbons (Fsp3) is 0.333. The number of halogens is 1. The Balaban J connectivity index is 1.56. The summed E-state index contributed by atoms with van der Waals surface area (Å²) < 4.78 is 12.1. The molecule has 5 nitrogen and oxygen atoms in total. The number of hydrogen-bond acceptors (Lipinski definition) is 4. The van der Waals surface area contributed by atoms with Crippen LogP contribution in [0.25, 0.3) is 0 Å². The third kappa shape index (κ3) is 4.06. The number of ether oxygens (including phenoxy) is 2. The summed E-state index contributed by atoms with van der Waals surface area (Å²) in [6.45, 7) is 1.29. The molecule has 1 aliphatic rings. The first kappa shape index (κ1) is 16.8. The highest BCUT2D eigenvalue weighted by atomic mass is 79.9. The summed E-state index contributed by atoms with van der Waals surface area (Å²) >= 11 is 3.35. The predicted octanol–water partition coefficient (Wildman–Crippen LogP) is 3.08. The lowest BCUT2D eigenvalue weighted by Crippen LogP contribution is -2.32. The molecule has 126 valence electrons. The first-order valence-corrected chi connectivity index (χ1v) is 8.63. The Morgan fingerprint density at radius 2 is 2.17 bits per heavy atom. The van der Waals surface area contributed by atoms with E-state index < -0.39 is 0 Å². The van der Waals surface area contributed by atoms with Crippen LogP contribution in [0.4, 0.5) is 0 Å². The molecule has 0 N–H and O–H groups in total. The van der Waals surface area contributed by atoms with Crippen molar-refractivity contribution in [2.24, 2.45) is 0 Å². The smallest absolute Gasteiger partial charge is 0.227 e. The van der Waals surface area contributed by atoms with Gasteiger partial charge in [0.1, 0.15) is 11.9 Å². The molecule has 1 aromatic carbocycles. The van der Waals surface area contributed by atoms with E-state index in [1.165, 1.54) is 0 Å². The molecule has 0 bridgehead atoms. The van der Waals surface area contributed by atoms with Crippen LogP contribution >= 0.6 is 15.9 Å². The van der Waals surface area contributed by atoms with E-state index in [4.69, 9.17) is 9.47 Å². The zero-order valence-electron chi connectivity index (χ0n) is 13.4. The van der Waals surface area contributed by atoms with Gasteiger partial charge in [0.05, 0.1) is 20.1 Å². The molecule has 0 aliphatic carbocycles. The van der Waals surface area contributed by atoms with Crippen LogP contribution in [0.15, 0.2) is 47.1 Å². The molecule has 1 aromatic heterocycles. The summed E-state index contributed by atoms with van der Waals surface area (Å²) in [5.41, 5.74) is 0.906. The number of carbonyl (C=O) groups is 1. The van der Waals surface area contributed by atoms with Crippen LogP contribution in [0.2, 0.25) is 0 Å². The van der Waals surface area contributed by atoms with Crippen molar-refractivity contribution in [2.75, 3.05) is 20.2 Å². The number of nitrogens with zero attached hydrogens (tertiary/aromatic N) is 2. The molecule has 1 fully saturated rings. The minimum absolute atomic E-state index is 0.0136. The SMILES string of the molecule is COc1ccccc1CC(=O)N1CCC(Oc2ccc(Br)cn2)C1. The molecule has 2 aromatic rings. The normalized spacial score (nSPS) is 16.9. The molecule has 1 unspecified atom stereocenters. The third-order valence-electron chi connectivity index (χ3n) is 4.02. The zero-order valence-corrected chi connectivity index (χ0v) is 15.0. The summed E-state index contributed by atoms with van der Waals surface area (Å²) in [7, 11) is 1.62. The standard InChI is InChI=1S/C18H19BrN2O3/c1-23-16-5-3-2-4-13(16)10-18(22)21-9-8-15(12-21)24-17-7-6-14(19)11-20-17/h2-7,11,15H,8-10,12H2,1H3. The van der Waals surface area contributed by atoms with Gasteiger partial charge in [0.2, 0.25) is 11.8 Å². The number of amides is 1. The maximum absolute atomic E-state index is 12.5. The number of carbonyl (C=O) groups excluding carboxylic acids is 1. The topological polar surface area (TPSA) is 51.7 Å². The molecule has 1 atom stereocenters. The Labute approximate surface area is 149 Å². The number of likely N-dealkylation sites (tertiary alicyclic amines) is 1. The molecule has 0 radical (unpaired) electrons. The number of methoxy groups -OCH3 is 1. The van der Waals surface area contributed by atoms with Crippen molar-refractivity contribution in [3.63, 3.8) is 0 Å². The highest BCUT2D eigenvalue weighted by Gasteiger charge is 2.28. The van der Waals surface area contributed by atoms with Gasteiger partial charge >= 0.3 is 0 Å². The van der Waals surface area contributed by atoms with Crippen LogP contribution in [0, 0.1) is 0 Å². The largest absolute Gasteiger partial charge is 0.496 e. The molecule has 6 heteroatoms. The van der Waals surface area contributed by atoms with Gasteiger partial charge in [-0.25, -0.2) is 4.98 Å². The summed E-state index contributed by atoms with van der Waals surface area (Å²) in [6, 6.07) is 11.3. The zero-order chi connectivity index (χ0) is 16.9. The highest BCUT2D eigenvalue weighted by Crippen LogP contribution is 2.22. The first-order valence-electron chi connectivity index (χ1n) is 7.83. The van der Waals surface area contributed by atoms with Crippen molar-refractivity contribution in [1.29, 1.82) is 0 Å². The van der Waals surface area contributed by atoms with E-state index in [2.05, 4.69) is 20.9 Å². The predicted molar refractivity (Wildman–Crippen MR) is 94.2 cm³/mol. The first-order chi connectivity index (χ1) is 11.7. The number of benzene rings is 1. The van der Waals surface area contributed by atoms with Gasteiger partial charge in [-0.1, -0.05) is 18.2 Å². The van der Waals surface area contributed by atoms with Gasteiger partial charge in [0, 0.05) is 35.3 Å². The minimum atomic E-state index is -0.0136. The second kappa shape index (κ2) is 7.66. The van der Waals surface area contributed by atoms with Crippen molar-refractivity contribution in [2.45, 2.75) is 18.9 Å². The molecular formula is C18H19BrN2O3. The van der Waals surface area contributed by atoms with E-state index in [0.29, 0.717) is 25.4 Å². The van der Waals surface area contributed by atoms with Gasteiger partial charge in [-0.15, -0.1) is 0 Å². The van der Waals surface area contributed by atoms with E-state index in [9.17, 15) is 4.79 Å². The second-order valence-electron chi connectivity index (χ2n) is 5.67. The molecule has 0 saturated carbocycles. The van der Waals surface area contributed by atoms with Crippen molar-refractivity contribution < 1.29 is 14.3 Å². The molecular weight excluding hydrogens is 372 g/mol. The van der Waals surface area contributed by atoms with E-state index in [-0.39, 0.29) is 12.0 Å². The Bertz CT molecular complexity index is 706. The number of rotatable bonds is 5. The second-order valence-corrected chi connectivity index (χ2v) is 6.59. The highest BCUT2D eigenvalue weighted by molar-refractivity contribution is 9.10. The molecule has 1 saturated heterocycles. The molecule has 24 heavy (non-hydrogen) atoms. The lowest BCUT2D eigenvalue weighted by Gasteiger charge is -2.17. The van der Waals surface area contributed by atoms with E-state index in [1.54, 1.807) is 13.3 Å². The van der Waals surface area contributed by atoms with Crippen LogP contribution < -0.4 is 9.47 Å². The van der Waals surface area contributed by atoms with Crippen LogP contribution in [-0.4, -0.2) is 42.1 Å². The molecule has 0 spiro atoms. The minimum Gasteiger partial charge on any atom is -0.496 e. The average Bonchev–Trinajstić information content (AvgIpc) is 3.06. The van der Waals surface area contributed by atoms with Gasteiger partial charge < -0.3 is 14.4 Å². The van der Waals surface area contributed by atoms with Gasteiger partial charge in [-0.2, -0.15) is 0 Å². The van der Waals surface area contributed by atoms with Crippen LogP contribution in [0.1, 0.15) is 12.0 Å². The number of aromatic nitrogens is 1. The van der Waals surface area contributed by atoms with Crippen LogP contribution in [0.3, 0.4) is 0 Å². The van der Waals surface area contributed by atoms with Crippen molar-refractivity contribution >= 4 is 21.8 Å². The lowest BCUT2D eigenvalue weighted by atomic mass is 10.1. The Hall–Kier alpha value is -2.08. The fourth-order valence-corrected chi connectivity index (χ4v) is 3.01. The molecule has 1 aliphatic heterocycles. The molecule has 3 rings (SSSR count). The summed E-state index contributed by atoms with van der Waals surface area (Å²) in [5.74, 6) is 1.42. The van der Waals surface area contributed by atoms with E-state index in [1.807, 2.05) is 41.3 Å². The van der Waals surface area contributed by atoms with Gasteiger partial charge in [0.25, 0.3) is 0 Å². The van der Waals surface area contributed by atoms with Gasteiger partial charge in [-0.3, -0.25) is 4.79 Å². The fourth-order valence-electron chi connectivity index (χ4n) is 2.78. The van der Waals surface area contributed by atoms with Gasteiger partial charge in [-0.05, 0) is 28.1 Å². The van der Waals surface area contributed by atoms with Gasteiger partial charge in [0.15, 0.2) is 0 Å². The van der Waals surface area contributed by atoms with Crippen LogP contribution in [-0.2, 0) is 11.2 Å². The van der Waals surface area contributed by atoms with E-state index >= 15 is 0 Å². The Kier molecular flexibility index (Phi) is 5.35. The monoisotopic (exact) mass is 390 g/mol. The van der Waals surface area contributed by atoms with Crippen molar-refractivity contribution in [1.82, 2.24) is 9.88 Å². The Morgan fingerprint density at radius 3 is 2.92 bits per heavy atom. The maximum atomic E-state index is 12.5. The van der Waals surface area contributed by atoms with Crippen molar-refractivity contribution in [3.05, 3.63) is 52.6 Å². The summed E-state index contributed by atoms with van der Waals surface area (Å²) in [5, 5.41) is 0. The van der Waals surface area contributed by atoms with Crippen LogP contribution in [0.5, 0.6) is 11.6 Å². The summed E-state index contributed by atoms with van der Waals surface area (Å²) in [6.07, 6.45) is 2.85. The molecule has 2 heterocycles. The third-order valence-corrected chi connectivity index (χ3v) is 4.49. The van der Waals surface area contributed by atoms with Crippen molar-refractivity contribution in [3.8, 4) is 11.6 Å². The number of pyridine rings is 1. The average molecular weight is 391 g/mol. The quantitative estimate of drug-likeness (QED) is 0.786. The maximum Gasteiger partial charge on any atom is 0.227 e. The molecule has 1 amide bonds. The summed E-state index contributed by atoms with van der Waals surface area (Å²) in [4.78, 5) is 18.6.